The van der Waals surface area contributed by atoms with Crippen LogP contribution >= 0.6 is 0 Å². The Kier molecular flexibility index (Phi) is 6.37. The molecule has 0 spiro atoms. The van der Waals surface area contributed by atoms with Crippen molar-refractivity contribution in [3.8, 4) is 11.5 Å². The van der Waals surface area contributed by atoms with Crippen molar-refractivity contribution in [2.45, 2.75) is 26.9 Å². The van der Waals surface area contributed by atoms with Crippen LogP contribution in [0, 0.1) is 0 Å². The van der Waals surface area contributed by atoms with E-state index >= 15 is 0 Å². The molecule has 1 aromatic carbocycles. The van der Waals surface area contributed by atoms with Crippen LogP contribution in [0.3, 0.4) is 0 Å². The van der Waals surface area contributed by atoms with Crippen LogP contribution in [0.15, 0.2) is 18.2 Å². The summed E-state index contributed by atoms with van der Waals surface area (Å²) < 4.78 is 15.4. The van der Waals surface area contributed by atoms with Crippen LogP contribution in [0.25, 0.3) is 0 Å². The molecule has 7 nitrogen and oxygen atoms in total. The second-order valence-electron chi connectivity index (χ2n) is 4.54. The molecular formula is C15H19NO6. The number of hydrogen-bond acceptors (Lipinski definition) is 6. The molecule has 0 saturated heterocycles. The number of carbonyl (C=O) groups is 3. The third kappa shape index (κ3) is 5.43. The van der Waals surface area contributed by atoms with Gasteiger partial charge in [0.15, 0.2) is 11.5 Å². The fourth-order valence-corrected chi connectivity index (χ4v) is 1.79. The molecule has 0 aliphatic heterocycles. The van der Waals surface area contributed by atoms with Crippen LogP contribution in [0.1, 0.15) is 32.4 Å². The molecule has 0 aliphatic rings. The molecule has 0 radical (unpaired) electrons. The smallest absolute Gasteiger partial charge is 0.308 e. The van der Waals surface area contributed by atoms with Gasteiger partial charge in [-0.2, -0.15) is 0 Å². The van der Waals surface area contributed by atoms with Gasteiger partial charge in [0.2, 0.25) is 5.91 Å². The van der Waals surface area contributed by atoms with Gasteiger partial charge in [0.05, 0.1) is 13.7 Å². The van der Waals surface area contributed by atoms with Crippen molar-refractivity contribution in [1.29, 1.82) is 0 Å². The maximum Gasteiger partial charge on any atom is 0.308 e. The van der Waals surface area contributed by atoms with Gasteiger partial charge in [0.25, 0.3) is 0 Å². The molecule has 0 aromatic heterocycles. The lowest BCUT2D eigenvalue weighted by atomic mass is 10.1. The number of benzene rings is 1. The average Bonchev–Trinajstić information content (AvgIpc) is 2.42. The van der Waals surface area contributed by atoms with Crippen molar-refractivity contribution in [3.05, 3.63) is 23.8 Å². The molecule has 22 heavy (non-hydrogen) atoms. The molecule has 0 saturated carbocycles. The fourth-order valence-electron chi connectivity index (χ4n) is 1.79. The summed E-state index contributed by atoms with van der Waals surface area (Å²) in [6, 6.07) is 4.77. The lowest BCUT2D eigenvalue weighted by molar-refractivity contribution is -0.147. The number of methoxy groups -OCH3 is 1. The molecule has 1 rings (SSSR count). The minimum Gasteiger partial charge on any atom is -0.493 e. The van der Waals surface area contributed by atoms with Gasteiger partial charge < -0.3 is 19.5 Å². The van der Waals surface area contributed by atoms with Crippen LogP contribution in [-0.4, -0.2) is 31.5 Å². The maximum absolute atomic E-state index is 11.2. The Bertz CT molecular complexity index is 569. The Hall–Kier alpha value is -2.57. The van der Waals surface area contributed by atoms with Gasteiger partial charge in [-0.05, 0) is 17.7 Å². The summed E-state index contributed by atoms with van der Waals surface area (Å²) in [5.74, 6) is -0.590. The second-order valence-corrected chi connectivity index (χ2v) is 4.54. The monoisotopic (exact) mass is 309 g/mol. The van der Waals surface area contributed by atoms with Crippen molar-refractivity contribution >= 4 is 17.8 Å². The van der Waals surface area contributed by atoms with Gasteiger partial charge in [0.1, 0.15) is 6.10 Å². The predicted octanol–water partition coefficient (Wildman–Crippen LogP) is 1.36. The van der Waals surface area contributed by atoms with Crippen molar-refractivity contribution in [2.24, 2.45) is 0 Å². The minimum absolute atomic E-state index is 0.130. The van der Waals surface area contributed by atoms with E-state index in [4.69, 9.17) is 14.2 Å². The number of hydrogen-bond donors (Lipinski definition) is 1. The first-order chi connectivity index (χ1) is 10.3. The average molecular weight is 309 g/mol. The van der Waals surface area contributed by atoms with Crippen molar-refractivity contribution in [1.82, 2.24) is 5.32 Å². The van der Waals surface area contributed by atoms with E-state index in [2.05, 4.69) is 5.32 Å². The Labute approximate surface area is 128 Å². The number of carbonyl (C=O) groups excluding carboxylic acids is 3. The lowest BCUT2D eigenvalue weighted by Crippen LogP contribution is -2.28. The first-order valence-electron chi connectivity index (χ1n) is 6.61. The topological polar surface area (TPSA) is 90.9 Å². The van der Waals surface area contributed by atoms with Crippen LogP contribution < -0.4 is 14.8 Å². The third-order valence-corrected chi connectivity index (χ3v) is 2.66. The zero-order valence-electron chi connectivity index (χ0n) is 13.0. The molecule has 0 aliphatic carbocycles. The summed E-state index contributed by atoms with van der Waals surface area (Å²) in [7, 11) is 1.43. The van der Waals surface area contributed by atoms with E-state index in [1.54, 1.807) is 18.2 Å². The van der Waals surface area contributed by atoms with Gasteiger partial charge in [-0.1, -0.05) is 6.07 Å². The molecule has 7 heteroatoms. The van der Waals surface area contributed by atoms with E-state index in [0.717, 1.165) is 0 Å². The SMILES string of the molecule is COc1cc(C(CNC(C)=O)OC(C)=O)ccc1OC(C)=O. The molecule has 1 unspecified atom stereocenters. The molecule has 0 fully saturated rings. The first-order valence-corrected chi connectivity index (χ1v) is 6.61. The number of amides is 1. The Morgan fingerprint density at radius 1 is 1.09 bits per heavy atom. The Balaban J connectivity index is 3.04. The highest BCUT2D eigenvalue weighted by Gasteiger charge is 2.18. The highest BCUT2D eigenvalue weighted by atomic mass is 16.6. The van der Waals surface area contributed by atoms with Gasteiger partial charge in [0, 0.05) is 20.8 Å². The molecule has 1 N–H and O–H groups in total. The maximum atomic E-state index is 11.2. The zero-order chi connectivity index (χ0) is 16.7. The molecule has 1 amide bonds. The summed E-state index contributed by atoms with van der Waals surface area (Å²) in [4.78, 5) is 33.3. The lowest BCUT2D eigenvalue weighted by Gasteiger charge is -2.19. The molecule has 0 heterocycles. The van der Waals surface area contributed by atoms with Crippen LogP contribution in [0.2, 0.25) is 0 Å². The summed E-state index contributed by atoms with van der Waals surface area (Å²) >= 11 is 0. The molecule has 0 bridgehead atoms. The van der Waals surface area contributed by atoms with E-state index in [0.29, 0.717) is 11.3 Å². The highest BCUT2D eigenvalue weighted by Crippen LogP contribution is 2.31. The van der Waals surface area contributed by atoms with Crippen molar-refractivity contribution in [3.63, 3.8) is 0 Å². The fraction of sp³-hybridized carbons (Fsp3) is 0.400. The summed E-state index contributed by atoms with van der Waals surface area (Å²) in [5.41, 5.74) is 0.608. The largest absolute Gasteiger partial charge is 0.493 e. The molecule has 1 aromatic rings. The second kappa shape index (κ2) is 8.02. The zero-order valence-corrected chi connectivity index (χ0v) is 13.0. The predicted molar refractivity (Wildman–Crippen MR) is 77.5 cm³/mol. The number of rotatable bonds is 6. The molecular weight excluding hydrogens is 290 g/mol. The quantitative estimate of drug-likeness (QED) is 0.630. The van der Waals surface area contributed by atoms with Crippen LogP contribution in [0.5, 0.6) is 11.5 Å². The summed E-state index contributed by atoms with van der Waals surface area (Å²) in [6.45, 7) is 4.07. The number of esters is 2. The standard InChI is InChI=1S/C15H19NO6/c1-9(17)16-8-15(22-11(3)19)12-5-6-13(21-10(2)18)14(7-12)20-4/h5-7,15H,8H2,1-4H3,(H,16,17). The van der Waals surface area contributed by atoms with E-state index in [-0.39, 0.29) is 18.2 Å². The Morgan fingerprint density at radius 2 is 1.77 bits per heavy atom. The Morgan fingerprint density at radius 3 is 2.27 bits per heavy atom. The van der Waals surface area contributed by atoms with E-state index in [9.17, 15) is 14.4 Å². The van der Waals surface area contributed by atoms with E-state index < -0.39 is 18.0 Å². The first kappa shape index (κ1) is 17.5. The highest BCUT2D eigenvalue weighted by molar-refractivity contribution is 5.73. The van der Waals surface area contributed by atoms with Crippen LogP contribution in [-0.2, 0) is 19.1 Å². The minimum atomic E-state index is -0.665. The van der Waals surface area contributed by atoms with Gasteiger partial charge >= 0.3 is 11.9 Å². The summed E-state index contributed by atoms with van der Waals surface area (Å²) in [5, 5.41) is 2.59. The number of ether oxygens (including phenoxy) is 3. The van der Waals surface area contributed by atoms with Crippen molar-refractivity contribution in [2.75, 3.05) is 13.7 Å². The third-order valence-electron chi connectivity index (χ3n) is 2.66. The molecule has 1 atom stereocenters. The van der Waals surface area contributed by atoms with Crippen molar-refractivity contribution < 1.29 is 28.6 Å². The van der Waals surface area contributed by atoms with Gasteiger partial charge in [-0.25, -0.2) is 0 Å². The normalized spacial score (nSPS) is 11.3. The molecule has 120 valence electrons. The van der Waals surface area contributed by atoms with Gasteiger partial charge in [-0.15, -0.1) is 0 Å². The van der Waals surface area contributed by atoms with Crippen LogP contribution in [0.4, 0.5) is 0 Å². The van der Waals surface area contributed by atoms with E-state index in [1.165, 1.54) is 27.9 Å². The van der Waals surface area contributed by atoms with E-state index in [1.807, 2.05) is 0 Å². The summed E-state index contributed by atoms with van der Waals surface area (Å²) in [6.07, 6.45) is -0.665. The number of nitrogens with one attached hydrogen (secondary N) is 1. The van der Waals surface area contributed by atoms with Gasteiger partial charge in [-0.3, -0.25) is 14.4 Å².